The molecule has 0 spiro atoms. The Kier molecular flexibility index (Phi) is 5.52. The van der Waals surface area contributed by atoms with Crippen LogP contribution >= 0.6 is 11.3 Å². The zero-order chi connectivity index (χ0) is 19.7. The Labute approximate surface area is 170 Å². The van der Waals surface area contributed by atoms with Crippen molar-refractivity contribution in [3.63, 3.8) is 0 Å². The molecule has 1 aromatic heterocycles. The molecule has 1 amide bonds. The molecular formula is C22H29N3O2S. The van der Waals surface area contributed by atoms with Crippen molar-refractivity contribution in [1.82, 2.24) is 9.88 Å². The van der Waals surface area contributed by atoms with E-state index >= 15 is 0 Å². The third-order valence-corrected chi connectivity index (χ3v) is 7.47. The van der Waals surface area contributed by atoms with Crippen LogP contribution in [0.3, 0.4) is 0 Å². The van der Waals surface area contributed by atoms with Gasteiger partial charge in [-0.2, -0.15) is 0 Å². The minimum absolute atomic E-state index is 0.115. The van der Waals surface area contributed by atoms with E-state index in [2.05, 4.69) is 18.0 Å². The summed E-state index contributed by atoms with van der Waals surface area (Å²) in [6.45, 7) is 3.13. The molecule has 1 aromatic carbocycles. The number of carbonyl (C=O) groups excluding carboxylic acids is 2. The van der Waals surface area contributed by atoms with E-state index in [9.17, 15) is 9.59 Å². The third-order valence-electron chi connectivity index (χ3n) is 6.45. The summed E-state index contributed by atoms with van der Waals surface area (Å²) in [5, 5.41) is 0.844. The molecule has 1 saturated carbocycles. The van der Waals surface area contributed by atoms with Gasteiger partial charge in [-0.3, -0.25) is 9.59 Å². The number of aryl methyl sites for hydroxylation is 1. The highest BCUT2D eigenvalue weighted by atomic mass is 32.1. The first-order valence-corrected chi connectivity index (χ1v) is 11.2. The molecule has 4 rings (SSSR count). The van der Waals surface area contributed by atoms with Crippen LogP contribution in [0.5, 0.6) is 0 Å². The fourth-order valence-corrected chi connectivity index (χ4v) is 5.88. The number of nitrogens with two attached hydrogens (primary N) is 1. The minimum atomic E-state index is -0.450. The lowest BCUT2D eigenvalue weighted by Crippen LogP contribution is -2.52. The van der Waals surface area contributed by atoms with E-state index in [1.54, 1.807) is 11.3 Å². The molecule has 0 bridgehead atoms. The lowest BCUT2D eigenvalue weighted by atomic mass is 9.73. The first kappa shape index (κ1) is 19.5. The van der Waals surface area contributed by atoms with Crippen molar-refractivity contribution in [3.05, 3.63) is 28.8 Å². The van der Waals surface area contributed by atoms with Crippen molar-refractivity contribution in [2.45, 2.75) is 64.3 Å². The molecule has 2 heterocycles. The molecule has 5 nitrogen and oxygen atoms in total. The van der Waals surface area contributed by atoms with Crippen LogP contribution in [-0.4, -0.2) is 40.7 Å². The molecule has 0 radical (unpaired) electrons. The van der Waals surface area contributed by atoms with E-state index in [1.807, 2.05) is 17.0 Å². The average molecular weight is 400 g/mol. The molecule has 28 heavy (non-hydrogen) atoms. The number of amides is 1. The van der Waals surface area contributed by atoms with Gasteiger partial charge in [0.2, 0.25) is 5.91 Å². The van der Waals surface area contributed by atoms with Gasteiger partial charge in [-0.15, -0.1) is 11.3 Å². The van der Waals surface area contributed by atoms with Gasteiger partial charge in [-0.05, 0) is 50.3 Å². The summed E-state index contributed by atoms with van der Waals surface area (Å²) >= 11 is 1.58. The number of likely N-dealkylation sites (tertiary alicyclic amines) is 1. The standard InChI is InChI=1S/C22H29N3O2S/c1-15-7-8-16-19(12-15)28-20(24-16)13-18(26)17-6-5-11-25(17)21(27)22(14-23)9-3-2-4-10-22/h7-8,12,17H,2-6,9-11,13-14,23H2,1H3/t17-/m1/s1. The topological polar surface area (TPSA) is 76.3 Å². The fraction of sp³-hybridized carbons (Fsp3) is 0.591. The number of aromatic nitrogens is 1. The van der Waals surface area contributed by atoms with Crippen molar-refractivity contribution in [2.24, 2.45) is 11.1 Å². The molecule has 1 atom stereocenters. The van der Waals surface area contributed by atoms with Crippen LogP contribution in [0.1, 0.15) is 55.5 Å². The molecule has 2 N–H and O–H groups in total. The maximum absolute atomic E-state index is 13.4. The predicted molar refractivity (Wildman–Crippen MR) is 112 cm³/mol. The van der Waals surface area contributed by atoms with Gasteiger partial charge in [0.1, 0.15) is 5.01 Å². The lowest BCUT2D eigenvalue weighted by Gasteiger charge is -2.39. The molecular weight excluding hydrogens is 370 g/mol. The first-order valence-electron chi connectivity index (χ1n) is 10.4. The summed E-state index contributed by atoms with van der Waals surface area (Å²) in [6.07, 6.45) is 6.96. The quantitative estimate of drug-likeness (QED) is 0.833. The monoisotopic (exact) mass is 399 g/mol. The zero-order valence-corrected chi connectivity index (χ0v) is 17.4. The summed E-state index contributed by atoms with van der Waals surface area (Å²) in [7, 11) is 0. The number of benzene rings is 1. The highest BCUT2D eigenvalue weighted by Crippen LogP contribution is 2.39. The maximum atomic E-state index is 13.4. The summed E-state index contributed by atoms with van der Waals surface area (Å²) in [6, 6.07) is 5.85. The number of thiazole rings is 1. The van der Waals surface area contributed by atoms with Gasteiger partial charge in [0, 0.05) is 13.1 Å². The van der Waals surface area contributed by atoms with E-state index in [4.69, 9.17) is 5.73 Å². The molecule has 2 aliphatic rings. The average Bonchev–Trinajstić information content (AvgIpc) is 3.34. The zero-order valence-electron chi connectivity index (χ0n) is 16.6. The molecule has 2 aromatic rings. The van der Waals surface area contributed by atoms with Crippen LogP contribution in [0.4, 0.5) is 0 Å². The largest absolute Gasteiger partial charge is 0.332 e. The van der Waals surface area contributed by atoms with Crippen molar-refractivity contribution >= 4 is 33.2 Å². The Bertz CT molecular complexity index is 885. The Morgan fingerprint density at radius 1 is 1.25 bits per heavy atom. The van der Waals surface area contributed by atoms with E-state index < -0.39 is 5.41 Å². The van der Waals surface area contributed by atoms with E-state index in [1.165, 1.54) is 12.0 Å². The number of fused-ring (bicyclic) bond motifs is 1. The number of rotatable bonds is 5. The Morgan fingerprint density at radius 2 is 2.04 bits per heavy atom. The van der Waals surface area contributed by atoms with E-state index in [0.29, 0.717) is 19.5 Å². The van der Waals surface area contributed by atoms with Gasteiger partial charge in [-0.25, -0.2) is 4.98 Å². The van der Waals surface area contributed by atoms with E-state index in [0.717, 1.165) is 53.7 Å². The molecule has 1 aliphatic heterocycles. The van der Waals surface area contributed by atoms with Crippen LogP contribution in [0.15, 0.2) is 18.2 Å². The summed E-state index contributed by atoms with van der Waals surface area (Å²) < 4.78 is 1.12. The van der Waals surface area contributed by atoms with Gasteiger partial charge in [0.05, 0.1) is 28.1 Å². The summed E-state index contributed by atoms with van der Waals surface area (Å²) in [5.74, 6) is 0.232. The smallest absolute Gasteiger partial charge is 0.230 e. The van der Waals surface area contributed by atoms with Gasteiger partial charge >= 0.3 is 0 Å². The van der Waals surface area contributed by atoms with E-state index in [-0.39, 0.29) is 17.7 Å². The number of ketones is 1. The Balaban J connectivity index is 1.50. The Hall–Kier alpha value is -1.79. The van der Waals surface area contributed by atoms with Crippen LogP contribution in [0.25, 0.3) is 10.2 Å². The summed E-state index contributed by atoms with van der Waals surface area (Å²) in [4.78, 5) is 32.9. The van der Waals surface area contributed by atoms with Gasteiger partial charge in [0.25, 0.3) is 0 Å². The third kappa shape index (κ3) is 3.60. The van der Waals surface area contributed by atoms with Gasteiger partial charge in [-0.1, -0.05) is 25.3 Å². The first-order chi connectivity index (χ1) is 13.5. The minimum Gasteiger partial charge on any atom is -0.332 e. The van der Waals surface area contributed by atoms with Crippen LogP contribution in [-0.2, 0) is 16.0 Å². The van der Waals surface area contributed by atoms with Crippen LogP contribution in [0.2, 0.25) is 0 Å². The van der Waals surface area contributed by atoms with Gasteiger partial charge < -0.3 is 10.6 Å². The second kappa shape index (κ2) is 7.91. The Morgan fingerprint density at radius 3 is 2.79 bits per heavy atom. The van der Waals surface area contributed by atoms with Crippen molar-refractivity contribution in [2.75, 3.05) is 13.1 Å². The van der Waals surface area contributed by atoms with Crippen LogP contribution in [0, 0.1) is 12.3 Å². The SMILES string of the molecule is Cc1ccc2nc(CC(=O)[C@H]3CCCN3C(=O)C3(CN)CCCCC3)sc2c1. The number of nitrogens with zero attached hydrogens (tertiary/aromatic N) is 2. The van der Waals surface area contributed by atoms with Crippen molar-refractivity contribution in [3.8, 4) is 0 Å². The molecule has 6 heteroatoms. The van der Waals surface area contributed by atoms with Crippen LogP contribution < -0.4 is 5.73 Å². The van der Waals surface area contributed by atoms with Gasteiger partial charge in [0.15, 0.2) is 5.78 Å². The molecule has 2 fully saturated rings. The maximum Gasteiger partial charge on any atom is 0.230 e. The number of hydrogen-bond donors (Lipinski definition) is 1. The molecule has 1 aliphatic carbocycles. The van der Waals surface area contributed by atoms with Crippen molar-refractivity contribution in [1.29, 1.82) is 0 Å². The highest BCUT2D eigenvalue weighted by Gasteiger charge is 2.45. The normalized spacial score (nSPS) is 21.9. The second-order valence-electron chi connectivity index (χ2n) is 8.42. The van der Waals surface area contributed by atoms with Crippen molar-refractivity contribution < 1.29 is 9.59 Å². The number of hydrogen-bond acceptors (Lipinski definition) is 5. The summed E-state index contributed by atoms with van der Waals surface area (Å²) in [5.41, 5.74) is 7.76. The number of carbonyl (C=O) groups is 2. The molecule has 1 saturated heterocycles. The molecule has 0 unspecified atom stereocenters. The lowest BCUT2D eigenvalue weighted by molar-refractivity contribution is -0.147. The number of Topliss-reactive ketones (excluding diaryl/α,β-unsaturated/α-hetero) is 1. The molecule has 150 valence electrons. The second-order valence-corrected chi connectivity index (χ2v) is 9.54. The fourth-order valence-electron chi connectivity index (χ4n) is 4.81. The highest BCUT2D eigenvalue weighted by molar-refractivity contribution is 7.18. The predicted octanol–water partition coefficient (Wildman–Crippen LogP) is 3.62.